The Morgan fingerprint density at radius 3 is 2.55 bits per heavy atom. The molecule has 20 heavy (non-hydrogen) atoms. The van der Waals surface area contributed by atoms with Crippen molar-refractivity contribution in [2.75, 3.05) is 45.9 Å². The highest BCUT2D eigenvalue weighted by molar-refractivity contribution is 5.85. The number of ether oxygens (including phenoxy) is 1. The van der Waals surface area contributed by atoms with Gasteiger partial charge in [0.25, 0.3) is 0 Å². The number of urea groups is 1. The first-order chi connectivity index (χ1) is 9.50. The van der Waals surface area contributed by atoms with Gasteiger partial charge < -0.3 is 20.5 Å². The van der Waals surface area contributed by atoms with Gasteiger partial charge in [0.1, 0.15) is 0 Å². The molecule has 0 aromatic rings. The van der Waals surface area contributed by atoms with Gasteiger partial charge in [0.15, 0.2) is 0 Å². The van der Waals surface area contributed by atoms with Gasteiger partial charge in [-0.1, -0.05) is 6.08 Å². The van der Waals surface area contributed by atoms with E-state index in [-0.39, 0.29) is 5.57 Å². The van der Waals surface area contributed by atoms with Crippen LogP contribution in [0.15, 0.2) is 11.6 Å². The second-order valence-electron chi connectivity index (χ2n) is 4.76. The highest BCUT2D eigenvalue weighted by Crippen LogP contribution is 2.01. The van der Waals surface area contributed by atoms with Gasteiger partial charge in [-0.3, -0.25) is 4.90 Å². The number of carboxylic acid groups (broad SMARTS) is 1. The molecular formula is C13H23N3O4. The number of hydrogen-bond donors (Lipinski definition) is 2. The third-order valence-electron chi connectivity index (χ3n) is 3.29. The molecule has 1 rings (SSSR count). The molecule has 1 heterocycles. The van der Waals surface area contributed by atoms with E-state index in [1.807, 2.05) is 0 Å². The summed E-state index contributed by atoms with van der Waals surface area (Å²) in [6, 6.07) is -0.473. The first kappa shape index (κ1) is 16.5. The molecule has 114 valence electrons. The van der Waals surface area contributed by atoms with E-state index < -0.39 is 12.0 Å². The van der Waals surface area contributed by atoms with Crippen LogP contribution in [0.4, 0.5) is 4.79 Å². The van der Waals surface area contributed by atoms with Gasteiger partial charge in [-0.25, -0.2) is 9.59 Å². The number of hydrogen-bond acceptors (Lipinski definition) is 4. The van der Waals surface area contributed by atoms with Crippen LogP contribution in [0.5, 0.6) is 0 Å². The summed E-state index contributed by atoms with van der Waals surface area (Å²) >= 11 is 0. The maximum Gasteiger partial charge on any atom is 0.330 e. The van der Waals surface area contributed by atoms with Crippen LogP contribution in [-0.2, 0) is 9.53 Å². The molecule has 0 bridgehead atoms. The lowest BCUT2D eigenvalue weighted by Gasteiger charge is -2.29. The van der Waals surface area contributed by atoms with Gasteiger partial charge in [0.05, 0.1) is 13.2 Å². The predicted molar refractivity (Wildman–Crippen MR) is 74.4 cm³/mol. The van der Waals surface area contributed by atoms with Crippen molar-refractivity contribution in [2.45, 2.75) is 13.3 Å². The number of carbonyl (C=O) groups excluding carboxylic acids is 1. The van der Waals surface area contributed by atoms with E-state index in [1.165, 1.54) is 6.92 Å². The largest absolute Gasteiger partial charge is 0.478 e. The topological polar surface area (TPSA) is 96.1 Å². The summed E-state index contributed by atoms with van der Waals surface area (Å²) in [6.45, 7) is 6.45. The van der Waals surface area contributed by atoms with Crippen molar-refractivity contribution >= 4 is 12.0 Å². The van der Waals surface area contributed by atoms with Gasteiger partial charge in [-0.15, -0.1) is 0 Å². The Hall–Kier alpha value is -1.60. The predicted octanol–water partition coefficient (Wildman–Crippen LogP) is 0.120. The molecule has 7 nitrogen and oxygen atoms in total. The van der Waals surface area contributed by atoms with E-state index >= 15 is 0 Å². The Balaban J connectivity index is 2.34. The van der Waals surface area contributed by atoms with Crippen molar-refractivity contribution in [3.05, 3.63) is 11.6 Å². The monoisotopic (exact) mass is 285 g/mol. The number of amides is 2. The van der Waals surface area contributed by atoms with Crippen molar-refractivity contribution < 1.29 is 19.4 Å². The number of carboxylic acids is 1. The molecule has 0 atom stereocenters. The number of aliphatic carboxylic acids is 1. The van der Waals surface area contributed by atoms with Crippen LogP contribution in [-0.4, -0.2) is 72.8 Å². The zero-order valence-corrected chi connectivity index (χ0v) is 11.9. The summed E-state index contributed by atoms with van der Waals surface area (Å²) < 4.78 is 5.26. The van der Waals surface area contributed by atoms with Crippen molar-refractivity contribution in [1.29, 1.82) is 0 Å². The molecule has 1 fully saturated rings. The quantitative estimate of drug-likeness (QED) is 0.648. The molecule has 0 aromatic heterocycles. The Morgan fingerprint density at radius 1 is 1.35 bits per heavy atom. The fourth-order valence-corrected chi connectivity index (χ4v) is 1.94. The van der Waals surface area contributed by atoms with Crippen LogP contribution < -0.4 is 5.73 Å². The first-order valence-electron chi connectivity index (χ1n) is 6.75. The first-order valence-corrected chi connectivity index (χ1v) is 6.75. The van der Waals surface area contributed by atoms with Gasteiger partial charge in [-0.2, -0.15) is 0 Å². The smallest absolute Gasteiger partial charge is 0.330 e. The molecular weight excluding hydrogens is 262 g/mol. The Labute approximate surface area is 119 Å². The Kier molecular flexibility index (Phi) is 7.03. The fraction of sp³-hybridized carbons (Fsp3) is 0.692. The van der Waals surface area contributed by atoms with Crippen LogP contribution in [0.2, 0.25) is 0 Å². The zero-order valence-electron chi connectivity index (χ0n) is 11.9. The number of nitrogens with two attached hydrogens (primary N) is 1. The minimum Gasteiger partial charge on any atom is -0.478 e. The minimum atomic E-state index is -0.941. The molecule has 1 aliphatic heterocycles. The summed E-state index contributed by atoms with van der Waals surface area (Å²) in [5, 5.41) is 8.74. The van der Waals surface area contributed by atoms with Crippen LogP contribution in [0.3, 0.4) is 0 Å². The second kappa shape index (κ2) is 8.55. The standard InChI is InChI=1S/C13H23N3O4/c1-11(12(17)18)3-2-4-16(13(14)19)6-5-15-7-9-20-10-8-15/h3H,2,4-10H2,1H3,(H2,14,19)(H,17,18). The van der Waals surface area contributed by atoms with Crippen molar-refractivity contribution in [3.8, 4) is 0 Å². The summed E-state index contributed by atoms with van der Waals surface area (Å²) in [5.41, 5.74) is 5.62. The second-order valence-corrected chi connectivity index (χ2v) is 4.76. The van der Waals surface area contributed by atoms with Crippen LogP contribution in [0, 0.1) is 0 Å². The average molecular weight is 285 g/mol. The van der Waals surface area contributed by atoms with E-state index in [1.54, 1.807) is 11.0 Å². The molecule has 1 saturated heterocycles. The number of carbonyl (C=O) groups is 2. The Bertz CT molecular complexity index is 365. The lowest BCUT2D eigenvalue weighted by molar-refractivity contribution is -0.132. The summed E-state index contributed by atoms with van der Waals surface area (Å²) in [4.78, 5) is 25.8. The third-order valence-corrected chi connectivity index (χ3v) is 3.29. The average Bonchev–Trinajstić information content (AvgIpc) is 2.42. The molecule has 0 aromatic carbocycles. The summed E-state index contributed by atoms with van der Waals surface area (Å²) in [7, 11) is 0. The number of rotatable bonds is 7. The van der Waals surface area contributed by atoms with Gasteiger partial charge >= 0.3 is 12.0 Å². The highest BCUT2D eigenvalue weighted by atomic mass is 16.5. The van der Waals surface area contributed by atoms with E-state index in [2.05, 4.69) is 4.90 Å². The van der Waals surface area contributed by atoms with Crippen molar-refractivity contribution in [2.24, 2.45) is 5.73 Å². The number of primary amides is 1. The molecule has 0 spiro atoms. The molecule has 2 amide bonds. The van der Waals surface area contributed by atoms with Gasteiger partial charge in [0, 0.05) is 38.3 Å². The number of morpholine rings is 1. The van der Waals surface area contributed by atoms with Crippen molar-refractivity contribution in [1.82, 2.24) is 9.80 Å². The molecule has 7 heteroatoms. The minimum absolute atomic E-state index is 0.280. The molecule has 0 aliphatic carbocycles. The fourth-order valence-electron chi connectivity index (χ4n) is 1.94. The van der Waals surface area contributed by atoms with E-state index in [9.17, 15) is 9.59 Å². The van der Waals surface area contributed by atoms with Crippen LogP contribution in [0.1, 0.15) is 13.3 Å². The maximum absolute atomic E-state index is 11.3. The highest BCUT2D eigenvalue weighted by Gasteiger charge is 2.14. The molecule has 0 unspecified atom stereocenters. The summed E-state index contributed by atoms with van der Waals surface area (Å²) in [5.74, 6) is -0.941. The molecule has 0 radical (unpaired) electrons. The molecule has 3 N–H and O–H groups in total. The van der Waals surface area contributed by atoms with Crippen LogP contribution in [0.25, 0.3) is 0 Å². The summed E-state index contributed by atoms with van der Waals surface area (Å²) in [6.07, 6.45) is 2.09. The Morgan fingerprint density at radius 2 is 2.00 bits per heavy atom. The van der Waals surface area contributed by atoms with Crippen LogP contribution >= 0.6 is 0 Å². The number of nitrogens with zero attached hydrogens (tertiary/aromatic N) is 2. The van der Waals surface area contributed by atoms with Gasteiger partial charge in [0.2, 0.25) is 0 Å². The molecule has 1 aliphatic rings. The van der Waals surface area contributed by atoms with E-state index in [0.717, 1.165) is 32.8 Å². The van der Waals surface area contributed by atoms with E-state index in [4.69, 9.17) is 15.6 Å². The zero-order chi connectivity index (χ0) is 15.0. The lowest BCUT2D eigenvalue weighted by atomic mass is 10.2. The normalized spacial score (nSPS) is 16.9. The van der Waals surface area contributed by atoms with E-state index in [0.29, 0.717) is 19.5 Å². The van der Waals surface area contributed by atoms with Crippen molar-refractivity contribution in [3.63, 3.8) is 0 Å². The molecule has 0 saturated carbocycles. The lowest BCUT2D eigenvalue weighted by Crippen LogP contribution is -2.44. The van der Waals surface area contributed by atoms with Gasteiger partial charge in [-0.05, 0) is 13.3 Å². The SMILES string of the molecule is CC(=CCCN(CCN1CCOCC1)C(N)=O)C(=O)O. The third kappa shape index (κ3) is 6.03. The maximum atomic E-state index is 11.3.